The lowest BCUT2D eigenvalue weighted by atomic mass is 10.2. The summed E-state index contributed by atoms with van der Waals surface area (Å²) in [6.07, 6.45) is 1.76. The van der Waals surface area contributed by atoms with Crippen LogP contribution in [0.2, 0.25) is 0 Å². The maximum atomic E-state index is 11.9. The monoisotopic (exact) mass is 118 g/mol. The number of hydrogen-bond acceptors (Lipinski definition) is 1. The summed E-state index contributed by atoms with van der Waals surface area (Å²) in [5.41, 5.74) is 0. The standard InChI is InChI=1S/C6H11FO/c1-6(7)4-2-3-5-8/h5-6H,2-4H2,1H3. The van der Waals surface area contributed by atoms with Gasteiger partial charge >= 0.3 is 0 Å². The Morgan fingerprint density at radius 2 is 2.38 bits per heavy atom. The Morgan fingerprint density at radius 1 is 1.75 bits per heavy atom. The SMILES string of the molecule is CC(F)CCCC=O. The highest BCUT2D eigenvalue weighted by Gasteiger charge is 1.94. The topological polar surface area (TPSA) is 17.1 Å². The number of carbonyl (C=O) groups excluding carboxylic acids is 1. The molecule has 0 N–H and O–H groups in total. The zero-order chi connectivity index (χ0) is 6.41. The van der Waals surface area contributed by atoms with Crippen LogP contribution in [0.1, 0.15) is 26.2 Å². The normalized spacial score (nSPS) is 13.2. The predicted molar refractivity (Wildman–Crippen MR) is 30.5 cm³/mol. The molecule has 0 aliphatic rings. The van der Waals surface area contributed by atoms with Gasteiger partial charge in [0.25, 0.3) is 0 Å². The summed E-state index contributed by atoms with van der Waals surface area (Å²) in [6, 6.07) is 0. The molecule has 0 bridgehead atoms. The van der Waals surface area contributed by atoms with Crippen molar-refractivity contribution in [2.75, 3.05) is 0 Å². The van der Waals surface area contributed by atoms with Crippen LogP contribution in [-0.2, 0) is 4.79 Å². The van der Waals surface area contributed by atoms with E-state index in [1.807, 2.05) is 0 Å². The van der Waals surface area contributed by atoms with Crippen molar-refractivity contribution in [3.63, 3.8) is 0 Å². The van der Waals surface area contributed by atoms with Crippen LogP contribution in [0.4, 0.5) is 4.39 Å². The third-order valence-corrected chi connectivity index (χ3v) is 0.924. The second-order valence-electron chi connectivity index (χ2n) is 1.88. The first kappa shape index (κ1) is 7.60. The zero-order valence-electron chi connectivity index (χ0n) is 5.06. The molecule has 0 heterocycles. The minimum atomic E-state index is -0.755. The summed E-state index contributed by atoms with van der Waals surface area (Å²) < 4.78 is 11.9. The van der Waals surface area contributed by atoms with Crippen LogP contribution in [0.25, 0.3) is 0 Å². The van der Waals surface area contributed by atoms with Crippen LogP contribution in [0.3, 0.4) is 0 Å². The van der Waals surface area contributed by atoms with E-state index in [1.54, 1.807) is 0 Å². The van der Waals surface area contributed by atoms with E-state index >= 15 is 0 Å². The van der Waals surface area contributed by atoms with Gasteiger partial charge in [-0.25, -0.2) is 4.39 Å². The number of aldehydes is 1. The number of alkyl halides is 1. The van der Waals surface area contributed by atoms with Gasteiger partial charge in [-0.05, 0) is 19.8 Å². The molecular formula is C6H11FO. The number of carbonyl (C=O) groups is 1. The van der Waals surface area contributed by atoms with E-state index < -0.39 is 6.17 Å². The maximum absolute atomic E-state index is 11.9. The van der Waals surface area contributed by atoms with Gasteiger partial charge in [0, 0.05) is 6.42 Å². The lowest BCUT2D eigenvalue weighted by Gasteiger charge is -1.94. The second kappa shape index (κ2) is 4.75. The van der Waals surface area contributed by atoms with Crippen molar-refractivity contribution in [2.45, 2.75) is 32.4 Å². The Morgan fingerprint density at radius 3 is 2.75 bits per heavy atom. The van der Waals surface area contributed by atoms with Gasteiger partial charge in [0.05, 0.1) is 6.17 Å². The van der Waals surface area contributed by atoms with Crippen LogP contribution in [-0.4, -0.2) is 12.5 Å². The molecule has 8 heavy (non-hydrogen) atoms. The Kier molecular flexibility index (Phi) is 4.51. The fraction of sp³-hybridized carbons (Fsp3) is 0.833. The number of rotatable bonds is 4. The molecule has 2 heteroatoms. The van der Waals surface area contributed by atoms with Gasteiger partial charge < -0.3 is 4.79 Å². The molecule has 48 valence electrons. The lowest BCUT2D eigenvalue weighted by molar-refractivity contribution is -0.107. The highest BCUT2D eigenvalue weighted by molar-refractivity contribution is 5.48. The summed E-state index contributed by atoms with van der Waals surface area (Å²) in [4.78, 5) is 9.66. The van der Waals surface area contributed by atoms with Crippen molar-refractivity contribution in [3.8, 4) is 0 Å². The third-order valence-electron chi connectivity index (χ3n) is 0.924. The van der Waals surface area contributed by atoms with E-state index in [9.17, 15) is 9.18 Å². The van der Waals surface area contributed by atoms with Crippen LogP contribution >= 0.6 is 0 Å². The molecule has 0 spiro atoms. The molecule has 1 unspecified atom stereocenters. The fourth-order valence-corrected chi connectivity index (χ4v) is 0.482. The fourth-order valence-electron chi connectivity index (χ4n) is 0.482. The van der Waals surface area contributed by atoms with Crippen molar-refractivity contribution >= 4 is 6.29 Å². The average molecular weight is 118 g/mol. The van der Waals surface area contributed by atoms with E-state index in [2.05, 4.69) is 0 Å². The van der Waals surface area contributed by atoms with Gasteiger partial charge in [-0.1, -0.05) is 0 Å². The van der Waals surface area contributed by atoms with Crippen molar-refractivity contribution in [1.82, 2.24) is 0 Å². The number of halogens is 1. The summed E-state index contributed by atoms with van der Waals surface area (Å²) in [7, 11) is 0. The molecule has 1 nitrogen and oxygen atoms in total. The van der Waals surface area contributed by atoms with Crippen molar-refractivity contribution in [1.29, 1.82) is 0 Å². The molecule has 0 saturated carbocycles. The minimum absolute atomic E-state index is 0.494. The molecule has 0 fully saturated rings. The first-order valence-corrected chi connectivity index (χ1v) is 2.85. The van der Waals surface area contributed by atoms with E-state index in [0.29, 0.717) is 19.3 Å². The van der Waals surface area contributed by atoms with Crippen molar-refractivity contribution in [3.05, 3.63) is 0 Å². The Labute approximate surface area is 48.9 Å². The molecule has 0 radical (unpaired) electrons. The lowest BCUT2D eigenvalue weighted by Crippen LogP contribution is -1.91. The maximum Gasteiger partial charge on any atom is 0.119 e. The zero-order valence-corrected chi connectivity index (χ0v) is 5.06. The predicted octanol–water partition coefficient (Wildman–Crippen LogP) is 1.71. The molecule has 0 aromatic carbocycles. The van der Waals surface area contributed by atoms with Gasteiger partial charge in [0.15, 0.2) is 0 Å². The number of hydrogen-bond donors (Lipinski definition) is 0. The van der Waals surface area contributed by atoms with E-state index in [-0.39, 0.29) is 0 Å². The van der Waals surface area contributed by atoms with Crippen LogP contribution in [0.15, 0.2) is 0 Å². The van der Waals surface area contributed by atoms with E-state index in [4.69, 9.17) is 0 Å². The van der Waals surface area contributed by atoms with Gasteiger partial charge in [-0.3, -0.25) is 0 Å². The quantitative estimate of drug-likeness (QED) is 0.405. The van der Waals surface area contributed by atoms with E-state index in [0.717, 1.165) is 6.29 Å². The van der Waals surface area contributed by atoms with Crippen LogP contribution in [0.5, 0.6) is 0 Å². The van der Waals surface area contributed by atoms with Gasteiger partial charge in [-0.2, -0.15) is 0 Å². The Balaban J connectivity index is 2.81. The molecule has 0 aliphatic heterocycles. The van der Waals surface area contributed by atoms with Crippen LogP contribution < -0.4 is 0 Å². The Bertz CT molecular complexity index is 61.5. The molecule has 0 amide bonds. The summed E-state index contributed by atoms with van der Waals surface area (Å²) in [6.45, 7) is 1.50. The van der Waals surface area contributed by atoms with Crippen LogP contribution in [0, 0.1) is 0 Å². The van der Waals surface area contributed by atoms with Crippen molar-refractivity contribution < 1.29 is 9.18 Å². The molecule has 0 aromatic rings. The highest BCUT2D eigenvalue weighted by Crippen LogP contribution is 2.00. The molecule has 0 rings (SSSR count). The van der Waals surface area contributed by atoms with Crippen molar-refractivity contribution in [2.24, 2.45) is 0 Å². The summed E-state index contributed by atoms with van der Waals surface area (Å²) in [5.74, 6) is 0. The molecule has 0 aliphatic carbocycles. The van der Waals surface area contributed by atoms with Gasteiger partial charge in [0.1, 0.15) is 6.29 Å². The first-order chi connectivity index (χ1) is 3.77. The minimum Gasteiger partial charge on any atom is -0.303 e. The molecule has 1 atom stereocenters. The van der Waals surface area contributed by atoms with Gasteiger partial charge in [-0.15, -0.1) is 0 Å². The van der Waals surface area contributed by atoms with Gasteiger partial charge in [0.2, 0.25) is 0 Å². The van der Waals surface area contributed by atoms with E-state index in [1.165, 1.54) is 6.92 Å². The smallest absolute Gasteiger partial charge is 0.119 e. The number of unbranched alkanes of at least 4 members (excludes halogenated alkanes) is 1. The second-order valence-corrected chi connectivity index (χ2v) is 1.88. The summed E-state index contributed by atoms with van der Waals surface area (Å²) >= 11 is 0. The largest absolute Gasteiger partial charge is 0.303 e. The average Bonchev–Trinajstić information content (AvgIpc) is 1.66. The summed E-state index contributed by atoms with van der Waals surface area (Å²) in [5, 5.41) is 0. The third kappa shape index (κ3) is 5.60. The first-order valence-electron chi connectivity index (χ1n) is 2.85. The Hall–Kier alpha value is -0.400. The highest BCUT2D eigenvalue weighted by atomic mass is 19.1. The molecule has 0 aromatic heterocycles. The molecular weight excluding hydrogens is 107 g/mol. The molecule has 0 saturated heterocycles.